The van der Waals surface area contributed by atoms with E-state index in [0.717, 1.165) is 22.3 Å². The molecular weight excluding hydrogens is 474 g/mol. The Morgan fingerprint density at radius 1 is 0.946 bits per heavy atom. The van der Waals surface area contributed by atoms with E-state index in [-0.39, 0.29) is 31.7 Å². The smallest absolute Gasteiger partial charge is 0.407 e. The molecule has 0 saturated heterocycles. The van der Waals surface area contributed by atoms with Gasteiger partial charge in [-0.2, -0.15) is 0 Å². The Balaban J connectivity index is 1.49. The van der Waals surface area contributed by atoms with Gasteiger partial charge in [0.1, 0.15) is 12.2 Å². The molecule has 0 fully saturated rings. The van der Waals surface area contributed by atoms with E-state index in [2.05, 4.69) is 40.2 Å². The summed E-state index contributed by atoms with van der Waals surface area (Å²) in [5.41, 5.74) is 4.02. The minimum absolute atomic E-state index is 0.0411. The van der Waals surface area contributed by atoms with Crippen LogP contribution in [0.4, 0.5) is 9.59 Å². The molecule has 1 aliphatic rings. The van der Waals surface area contributed by atoms with Gasteiger partial charge < -0.3 is 30.5 Å². The molecule has 1 atom stereocenters. The fourth-order valence-electron chi connectivity index (χ4n) is 4.41. The number of alkyl carbamates (subject to hydrolysis) is 2. The second-order valence-electron chi connectivity index (χ2n) is 10.1. The molecule has 0 radical (unpaired) electrons. The van der Waals surface area contributed by atoms with E-state index >= 15 is 0 Å². The van der Waals surface area contributed by atoms with Crippen LogP contribution in [0.3, 0.4) is 0 Å². The number of benzene rings is 2. The molecular formula is C28H37N3O6. The number of carboxylic acid groups (broad SMARTS) is 1. The number of aliphatic carboxylic acids is 1. The van der Waals surface area contributed by atoms with Crippen molar-refractivity contribution in [3.05, 3.63) is 59.7 Å². The van der Waals surface area contributed by atoms with Crippen molar-refractivity contribution in [1.29, 1.82) is 0 Å². The number of carbonyl (C=O) groups excluding carboxylic acids is 2. The first-order chi connectivity index (χ1) is 17.6. The van der Waals surface area contributed by atoms with Gasteiger partial charge >= 0.3 is 18.2 Å². The Labute approximate surface area is 217 Å². The summed E-state index contributed by atoms with van der Waals surface area (Å²) in [6.07, 6.45) is 0.965. The molecule has 3 rings (SSSR count). The number of carboxylic acids is 1. The van der Waals surface area contributed by atoms with Crippen LogP contribution in [-0.4, -0.2) is 61.1 Å². The number of fused-ring (bicyclic) bond motifs is 3. The van der Waals surface area contributed by atoms with Gasteiger partial charge in [0.15, 0.2) is 0 Å². The van der Waals surface area contributed by atoms with Gasteiger partial charge in [0.2, 0.25) is 0 Å². The third-order valence-corrected chi connectivity index (χ3v) is 5.98. The van der Waals surface area contributed by atoms with E-state index < -0.39 is 23.8 Å². The van der Waals surface area contributed by atoms with Crippen LogP contribution >= 0.6 is 0 Å². The summed E-state index contributed by atoms with van der Waals surface area (Å²) in [7, 11) is 0. The first-order valence-electron chi connectivity index (χ1n) is 12.6. The maximum atomic E-state index is 12.7. The monoisotopic (exact) mass is 511 g/mol. The molecule has 2 aromatic carbocycles. The summed E-state index contributed by atoms with van der Waals surface area (Å²) in [4.78, 5) is 35.3. The van der Waals surface area contributed by atoms with Crippen molar-refractivity contribution in [1.82, 2.24) is 16.0 Å². The summed E-state index contributed by atoms with van der Waals surface area (Å²) >= 11 is 0. The average molecular weight is 512 g/mol. The Bertz CT molecular complexity index is 1040. The lowest BCUT2D eigenvalue weighted by atomic mass is 9.98. The quantitative estimate of drug-likeness (QED) is 0.314. The van der Waals surface area contributed by atoms with E-state index in [1.54, 1.807) is 20.8 Å². The van der Waals surface area contributed by atoms with E-state index in [1.165, 1.54) is 0 Å². The second-order valence-corrected chi connectivity index (χ2v) is 10.1. The van der Waals surface area contributed by atoms with E-state index in [0.29, 0.717) is 25.8 Å². The lowest BCUT2D eigenvalue weighted by Crippen LogP contribution is -2.43. The van der Waals surface area contributed by atoms with Gasteiger partial charge in [0.25, 0.3) is 0 Å². The molecule has 1 aliphatic carbocycles. The molecule has 0 spiro atoms. The van der Waals surface area contributed by atoms with Gasteiger partial charge in [-0.3, -0.25) is 4.79 Å². The normalized spacial score (nSPS) is 13.3. The zero-order valence-electron chi connectivity index (χ0n) is 21.7. The molecule has 2 amide bonds. The SMILES string of the molecule is CC(C)(C)OC(=O)NCCCC[C@@H](CNCC(=O)O)NC(=O)OCC1c2ccccc2-c2ccccc21. The summed E-state index contributed by atoms with van der Waals surface area (Å²) in [6.45, 7) is 6.13. The summed E-state index contributed by atoms with van der Waals surface area (Å²) in [6, 6.07) is 15.9. The maximum Gasteiger partial charge on any atom is 0.407 e. The largest absolute Gasteiger partial charge is 0.480 e. The third-order valence-electron chi connectivity index (χ3n) is 5.98. The van der Waals surface area contributed by atoms with Crippen LogP contribution in [-0.2, 0) is 14.3 Å². The first-order valence-corrected chi connectivity index (χ1v) is 12.6. The van der Waals surface area contributed by atoms with Crippen LogP contribution in [0.5, 0.6) is 0 Å². The number of hydrogen-bond acceptors (Lipinski definition) is 6. The van der Waals surface area contributed by atoms with Crippen LogP contribution in [0, 0.1) is 0 Å². The van der Waals surface area contributed by atoms with E-state index in [4.69, 9.17) is 14.6 Å². The molecule has 0 bridgehead atoms. The minimum atomic E-state index is -0.971. The molecule has 0 aliphatic heterocycles. The number of hydrogen-bond donors (Lipinski definition) is 4. The predicted molar refractivity (Wildman–Crippen MR) is 141 cm³/mol. The van der Waals surface area contributed by atoms with E-state index in [9.17, 15) is 14.4 Å². The maximum absolute atomic E-state index is 12.7. The molecule has 4 N–H and O–H groups in total. The molecule has 0 saturated carbocycles. The molecule has 200 valence electrons. The zero-order valence-corrected chi connectivity index (χ0v) is 21.7. The third kappa shape index (κ3) is 8.78. The Morgan fingerprint density at radius 3 is 2.16 bits per heavy atom. The summed E-state index contributed by atoms with van der Waals surface area (Å²) in [5, 5.41) is 17.3. The topological polar surface area (TPSA) is 126 Å². The number of rotatable bonds is 12. The van der Waals surface area contributed by atoms with Crippen molar-refractivity contribution in [3.8, 4) is 11.1 Å². The second kappa shape index (κ2) is 13.1. The highest BCUT2D eigenvalue weighted by molar-refractivity contribution is 5.79. The highest BCUT2D eigenvalue weighted by atomic mass is 16.6. The van der Waals surface area contributed by atoms with Gasteiger partial charge in [0, 0.05) is 25.0 Å². The molecule has 0 unspecified atom stereocenters. The molecule has 9 heteroatoms. The molecule has 0 heterocycles. The number of carbonyl (C=O) groups is 3. The lowest BCUT2D eigenvalue weighted by molar-refractivity contribution is -0.135. The lowest BCUT2D eigenvalue weighted by Gasteiger charge is -2.21. The van der Waals surface area contributed by atoms with Gasteiger partial charge in [-0.05, 0) is 62.3 Å². The summed E-state index contributed by atoms with van der Waals surface area (Å²) < 4.78 is 10.9. The van der Waals surface area contributed by atoms with Crippen LogP contribution < -0.4 is 16.0 Å². The van der Waals surface area contributed by atoms with Crippen molar-refractivity contribution in [2.24, 2.45) is 0 Å². The molecule has 2 aromatic rings. The molecule has 37 heavy (non-hydrogen) atoms. The van der Waals surface area contributed by atoms with Crippen LogP contribution in [0.2, 0.25) is 0 Å². The predicted octanol–water partition coefficient (Wildman–Crippen LogP) is 4.26. The number of ether oxygens (including phenoxy) is 2. The van der Waals surface area contributed by atoms with Crippen LogP contribution in [0.1, 0.15) is 57.1 Å². The fraction of sp³-hybridized carbons (Fsp3) is 0.464. The number of unbranched alkanes of at least 4 members (excludes halogenated alkanes) is 1. The Hall–Kier alpha value is -3.59. The minimum Gasteiger partial charge on any atom is -0.480 e. The van der Waals surface area contributed by atoms with Crippen LogP contribution in [0.25, 0.3) is 11.1 Å². The van der Waals surface area contributed by atoms with Gasteiger partial charge in [0.05, 0.1) is 6.54 Å². The highest BCUT2D eigenvalue weighted by Gasteiger charge is 2.29. The van der Waals surface area contributed by atoms with Crippen molar-refractivity contribution >= 4 is 18.2 Å². The van der Waals surface area contributed by atoms with Gasteiger partial charge in [-0.1, -0.05) is 48.5 Å². The molecule has 0 aromatic heterocycles. The number of nitrogens with one attached hydrogen (secondary N) is 3. The molecule has 9 nitrogen and oxygen atoms in total. The first kappa shape index (κ1) is 28.0. The van der Waals surface area contributed by atoms with Crippen molar-refractivity contribution in [2.45, 2.75) is 57.6 Å². The fourth-order valence-corrected chi connectivity index (χ4v) is 4.41. The van der Waals surface area contributed by atoms with Crippen molar-refractivity contribution in [2.75, 3.05) is 26.2 Å². The summed E-state index contributed by atoms with van der Waals surface area (Å²) in [5.74, 6) is -1.01. The van der Waals surface area contributed by atoms with Crippen LogP contribution in [0.15, 0.2) is 48.5 Å². The van der Waals surface area contributed by atoms with E-state index in [1.807, 2.05) is 24.3 Å². The van der Waals surface area contributed by atoms with Gasteiger partial charge in [-0.15, -0.1) is 0 Å². The number of amides is 2. The zero-order chi connectivity index (χ0) is 26.8. The Kier molecular flexibility index (Phi) is 9.91. The van der Waals surface area contributed by atoms with Crippen molar-refractivity contribution < 1.29 is 29.0 Å². The Morgan fingerprint density at radius 2 is 1.57 bits per heavy atom. The van der Waals surface area contributed by atoms with Crippen molar-refractivity contribution in [3.63, 3.8) is 0 Å². The average Bonchev–Trinajstić information content (AvgIpc) is 3.14. The highest BCUT2D eigenvalue weighted by Crippen LogP contribution is 2.44. The standard InChI is InChI=1S/C28H37N3O6/c1-28(2,3)37-26(34)30-15-9-8-10-19(16-29-17-25(32)33)31-27(35)36-18-24-22-13-6-4-11-20(22)21-12-5-7-14-23(21)24/h4-7,11-14,19,24,29H,8-10,15-18H2,1-3H3,(H,30,34)(H,31,35)(H,32,33)/t19-/m0/s1. The van der Waals surface area contributed by atoms with Gasteiger partial charge in [-0.25, -0.2) is 9.59 Å².